The molecular formula is C11H8S. The van der Waals surface area contributed by atoms with Crippen LogP contribution in [0.3, 0.4) is 0 Å². The van der Waals surface area contributed by atoms with E-state index >= 15 is 0 Å². The standard InChI is InChI=1S/C11H8S/c1-2-6-10-8(4-1)9-5-3-7-11(9)12-10/h1-2,4-7H,3H2. The Morgan fingerprint density at radius 1 is 1.08 bits per heavy atom. The van der Waals surface area contributed by atoms with Crippen LogP contribution in [-0.2, 0) is 0 Å². The molecular weight excluding hydrogens is 164 g/mol. The van der Waals surface area contributed by atoms with Crippen LogP contribution in [0.5, 0.6) is 0 Å². The Bertz CT molecular complexity index is 546. The molecule has 0 spiro atoms. The lowest BCUT2D eigenvalue weighted by Gasteiger charge is -1.85. The molecule has 1 heteroatoms. The summed E-state index contributed by atoms with van der Waals surface area (Å²) in [4.78, 5) is 0. The molecule has 0 unspecified atom stereocenters. The van der Waals surface area contributed by atoms with Crippen LogP contribution in [0.2, 0.25) is 0 Å². The third kappa shape index (κ3) is 0.718. The Morgan fingerprint density at radius 3 is 3.00 bits per heavy atom. The summed E-state index contributed by atoms with van der Waals surface area (Å²) in [5.41, 5.74) is 0. The number of benzene rings is 1. The molecule has 1 aliphatic rings. The molecule has 1 heterocycles. The first kappa shape index (κ1) is 6.44. The van der Waals surface area contributed by atoms with Crippen molar-refractivity contribution >= 4 is 33.6 Å². The fraction of sp³-hybridized carbons (Fsp3) is 0.0909. The number of rotatable bonds is 0. The van der Waals surface area contributed by atoms with Gasteiger partial charge < -0.3 is 0 Å². The van der Waals surface area contributed by atoms with Crippen LogP contribution in [0.1, 0.15) is 6.42 Å². The molecule has 0 aliphatic heterocycles. The van der Waals surface area contributed by atoms with Gasteiger partial charge in [0.05, 0.1) is 0 Å². The highest BCUT2D eigenvalue weighted by Gasteiger charge is 2.01. The molecule has 0 radical (unpaired) electrons. The predicted octanol–water partition coefficient (Wildman–Crippen LogP) is 1.87. The summed E-state index contributed by atoms with van der Waals surface area (Å²) in [6.45, 7) is 0. The van der Waals surface area contributed by atoms with E-state index in [9.17, 15) is 0 Å². The fourth-order valence-electron chi connectivity index (χ4n) is 1.73. The van der Waals surface area contributed by atoms with Gasteiger partial charge in [-0.25, -0.2) is 0 Å². The van der Waals surface area contributed by atoms with Gasteiger partial charge in [-0.1, -0.05) is 30.4 Å². The van der Waals surface area contributed by atoms with Gasteiger partial charge in [-0.3, -0.25) is 0 Å². The molecule has 0 N–H and O–H groups in total. The zero-order chi connectivity index (χ0) is 7.97. The zero-order valence-electron chi connectivity index (χ0n) is 6.58. The minimum atomic E-state index is 1.12. The normalized spacial score (nSPS) is 14.0. The lowest BCUT2D eigenvalue weighted by molar-refractivity contribution is 1.66. The van der Waals surface area contributed by atoms with E-state index < -0.39 is 0 Å². The Morgan fingerprint density at radius 2 is 2.00 bits per heavy atom. The van der Waals surface area contributed by atoms with Crippen molar-refractivity contribution in [3.8, 4) is 0 Å². The van der Waals surface area contributed by atoms with E-state index in [4.69, 9.17) is 0 Å². The van der Waals surface area contributed by atoms with Gasteiger partial charge >= 0.3 is 0 Å². The van der Waals surface area contributed by atoms with Crippen LogP contribution >= 0.6 is 11.3 Å². The van der Waals surface area contributed by atoms with Crippen molar-refractivity contribution in [2.24, 2.45) is 0 Å². The van der Waals surface area contributed by atoms with Crippen molar-refractivity contribution in [3.05, 3.63) is 34.0 Å². The Hall–Kier alpha value is -1.08. The van der Waals surface area contributed by atoms with Gasteiger partial charge in [0.15, 0.2) is 0 Å². The van der Waals surface area contributed by atoms with Gasteiger partial charge in [0.25, 0.3) is 0 Å². The van der Waals surface area contributed by atoms with Crippen molar-refractivity contribution in [3.63, 3.8) is 0 Å². The molecule has 3 rings (SSSR count). The molecule has 0 saturated carbocycles. The highest BCUT2D eigenvalue weighted by atomic mass is 32.1. The van der Waals surface area contributed by atoms with E-state index in [0.29, 0.717) is 0 Å². The molecule has 1 aromatic heterocycles. The second-order valence-corrected chi connectivity index (χ2v) is 4.10. The summed E-state index contributed by atoms with van der Waals surface area (Å²) in [5.74, 6) is 0. The minimum absolute atomic E-state index is 1.12. The van der Waals surface area contributed by atoms with Crippen LogP contribution in [0.4, 0.5) is 0 Å². The summed E-state index contributed by atoms with van der Waals surface area (Å²) < 4.78 is 2.87. The van der Waals surface area contributed by atoms with Crippen LogP contribution in [0.25, 0.3) is 22.2 Å². The Balaban J connectivity index is 2.71. The van der Waals surface area contributed by atoms with E-state index in [0.717, 1.165) is 6.42 Å². The minimum Gasteiger partial charge on any atom is -0.136 e. The smallest absolute Gasteiger partial charge is 0.0355 e. The third-order valence-electron chi connectivity index (χ3n) is 2.29. The first-order valence-corrected chi connectivity index (χ1v) is 4.95. The monoisotopic (exact) mass is 172 g/mol. The molecule has 0 saturated heterocycles. The van der Waals surface area contributed by atoms with Gasteiger partial charge in [0.1, 0.15) is 0 Å². The summed E-state index contributed by atoms with van der Waals surface area (Å²) >= 11 is 1.90. The van der Waals surface area contributed by atoms with E-state index in [1.807, 2.05) is 11.3 Å². The van der Waals surface area contributed by atoms with E-state index in [-0.39, 0.29) is 0 Å². The van der Waals surface area contributed by atoms with Gasteiger partial charge in [0, 0.05) is 9.23 Å². The zero-order valence-corrected chi connectivity index (χ0v) is 7.40. The summed E-state index contributed by atoms with van der Waals surface area (Å²) in [5, 5.41) is 2.88. The molecule has 0 fully saturated rings. The molecule has 1 aliphatic carbocycles. The summed E-state index contributed by atoms with van der Waals surface area (Å²) in [6.07, 6.45) is 5.74. The van der Waals surface area contributed by atoms with E-state index in [2.05, 4.69) is 36.4 Å². The van der Waals surface area contributed by atoms with Gasteiger partial charge in [-0.05, 0) is 23.1 Å². The van der Waals surface area contributed by atoms with E-state index in [1.165, 1.54) is 19.8 Å². The van der Waals surface area contributed by atoms with Gasteiger partial charge in [-0.15, -0.1) is 11.3 Å². The van der Waals surface area contributed by atoms with Crippen molar-refractivity contribution in [2.45, 2.75) is 6.42 Å². The molecule has 0 atom stereocenters. The van der Waals surface area contributed by atoms with Crippen LogP contribution in [0, 0.1) is 0 Å². The second kappa shape index (κ2) is 2.20. The van der Waals surface area contributed by atoms with E-state index in [1.54, 1.807) is 0 Å². The highest BCUT2D eigenvalue weighted by Crippen LogP contribution is 2.13. The third-order valence-corrected chi connectivity index (χ3v) is 3.47. The Kier molecular flexibility index (Phi) is 1.18. The number of hydrogen-bond acceptors (Lipinski definition) is 1. The van der Waals surface area contributed by atoms with Crippen molar-refractivity contribution in [2.75, 3.05) is 0 Å². The maximum atomic E-state index is 2.31. The molecule has 1 aromatic carbocycles. The molecule has 0 amide bonds. The molecule has 0 nitrogen and oxygen atoms in total. The second-order valence-electron chi connectivity index (χ2n) is 3.02. The topological polar surface area (TPSA) is 0 Å². The lowest BCUT2D eigenvalue weighted by atomic mass is 10.2. The quantitative estimate of drug-likeness (QED) is 0.569. The van der Waals surface area contributed by atoms with Gasteiger partial charge in [-0.2, -0.15) is 0 Å². The molecule has 12 heavy (non-hydrogen) atoms. The molecule has 2 aromatic rings. The largest absolute Gasteiger partial charge is 0.136 e. The molecule has 0 bridgehead atoms. The highest BCUT2D eigenvalue weighted by molar-refractivity contribution is 7.17. The predicted molar refractivity (Wildman–Crippen MR) is 54.6 cm³/mol. The summed E-state index contributed by atoms with van der Waals surface area (Å²) in [6, 6.07) is 8.62. The number of hydrogen-bond donors (Lipinski definition) is 0. The van der Waals surface area contributed by atoms with Crippen molar-refractivity contribution in [1.29, 1.82) is 0 Å². The van der Waals surface area contributed by atoms with Crippen molar-refractivity contribution < 1.29 is 0 Å². The lowest BCUT2D eigenvalue weighted by Crippen LogP contribution is -2.13. The maximum absolute atomic E-state index is 2.31. The number of thiophene rings is 1. The number of fused-ring (bicyclic) bond motifs is 3. The van der Waals surface area contributed by atoms with Crippen molar-refractivity contribution in [1.82, 2.24) is 0 Å². The van der Waals surface area contributed by atoms with Crippen LogP contribution in [0.15, 0.2) is 24.3 Å². The van der Waals surface area contributed by atoms with Gasteiger partial charge in [0.2, 0.25) is 0 Å². The van der Waals surface area contributed by atoms with Crippen LogP contribution < -0.4 is 9.75 Å². The SMILES string of the molecule is C1=c2sc3ccccc3c2=CC1. The Labute approximate surface area is 74.5 Å². The average molecular weight is 172 g/mol. The average Bonchev–Trinajstić information content (AvgIpc) is 2.62. The molecule has 58 valence electrons. The first-order chi connectivity index (χ1) is 5.95. The first-order valence-electron chi connectivity index (χ1n) is 4.13. The fourth-order valence-corrected chi connectivity index (χ4v) is 2.88. The maximum Gasteiger partial charge on any atom is 0.0355 e. The summed E-state index contributed by atoms with van der Waals surface area (Å²) in [7, 11) is 0. The van der Waals surface area contributed by atoms with Crippen LogP contribution in [-0.4, -0.2) is 0 Å².